The van der Waals surface area contributed by atoms with Gasteiger partial charge in [-0.1, -0.05) is 20.8 Å². The first-order valence-electron chi connectivity index (χ1n) is 10.5. The van der Waals surface area contributed by atoms with E-state index in [9.17, 15) is 4.79 Å². The highest BCUT2D eigenvalue weighted by atomic mass is 16.1. The van der Waals surface area contributed by atoms with Gasteiger partial charge in [-0.15, -0.1) is 0 Å². The monoisotopic (exact) mass is 393 g/mol. The molecule has 0 N–H and O–H groups in total. The Labute approximate surface area is 173 Å². The van der Waals surface area contributed by atoms with Crippen molar-refractivity contribution in [3.63, 3.8) is 0 Å². The van der Waals surface area contributed by atoms with Crippen molar-refractivity contribution in [2.45, 2.75) is 60.8 Å². The zero-order valence-electron chi connectivity index (χ0n) is 18.6. The van der Waals surface area contributed by atoms with Crippen LogP contribution in [0.4, 0.5) is 11.4 Å². The largest absolute Gasteiger partial charge is 0.372 e. The van der Waals surface area contributed by atoms with Gasteiger partial charge in [0.1, 0.15) is 5.71 Å². The van der Waals surface area contributed by atoms with Gasteiger partial charge in [-0.2, -0.15) is 9.78 Å². The Morgan fingerprint density at radius 1 is 1.14 bits per heavy atom. The zero-order chi connectivity index (χ0) is 21.3. The van der Waals surface area contributed by atoms with Gasteiger partial charge in [0.05, 0.1) is 17.1 Å². The molecule has 1 aromatic heterocycles. The van der Waals surface area contributed by atoms with Crippen molar-refractivity contribution < 1.29 is 0 Å². The molecule has 1 aliphatic heterocycles. The Hall–Kier alpha value is -2.76. The molecule has 0 spiro atoms. The molecule has 0 fully saturated rings. The van der Waals surface area contributed by atoms with Crippen LogP contribution in [-0.2, 0) is 6.42 Å². The molecule has 0 atom stereocenters. The van der Waals surface area contributed by atoms with Gasteiger partial charge in [-0.25, -0.2) is 9.98 Å². The summed E-state index contributed by atoms with van der Waals surface area (Å²) in [6.07, 6.45) is 0.645. The third kappa shape index (κ3) is 3.76. The van der Waals surface area contributed by atoms with Crippen molar-refractivity contribution in [3.8, 4) is 0 Å². The topological polar surface area (TPSA) is 62.9 Å². The maximum absolute atomic E-state index is 13.0. The van der Waals surface area contributed by atoms with Crippen LogP contribution in [0.25, 0.3) is 0 Å². The van der Waals surface area contributed by atoms with Crippen molar-refractivity contribution in [1.29, 1.82) is 0 Å². The number of fused-ring (bicyclic) bond motifs is 1. The van der Waals surface area contributed by atoms with Crippen LogP contribution in [0.5, 0.6) is 0 Å². The number of hydrogen-bond donors (Lipinski definition) is 0. The van der Waals surface area contributed by atoms with Gasteiger partial charge >= 0.3 is 0 Å². The van der Waals surface area contributed by atoms with E-state index in [1.54, 1.807) is 0 Å². The summed E-state index contributed by atoms with van der Waals surface area (Å²) in [6, 6.07) is 6.29. The van der Waals surface area contributed by atoms with Crippen LogP contribution in [0, 0.1) is 6.92 Å². The van der Waals surface area contributed by atoms with Crippen LogP contribution in [-0.4, -0.2) is 34.2 Å². The number of aryl methyl sites for hydroxylation is 1. The second-order valence-electron chi connectivity index (χ2n) is 7.71. The summed E-state index contributed by atoms with van der Waals surface area (Å²) in [6.45, 7) is 16.3. The van der Waals surface area contributed by atoms with Crippen molar-refractivity contribution >= 4 is 22.8 Å². The van der Waals surface area contributed by atoms with E-state index in [0.717, 1.165) is 35.6 Å². The summed E-state index contributed by atoms with van der Waals surface area (Å²) >= 11 is 0. The molecule has 6 heteroatoms. The third-order valence-electron chi connectivity index (χ3n) is 5.43. The average molecular weight is 394 g/mol. The fourth-order valence-electron chi connectivity index (χ4n) is 3.78. The van der Waals surface area contributed by atoms with E-state index in [1.165, 1.54) is 10.4 Å². The first kappa shape index (κ1) is 21.0. The number of rotatable bonds is 6. The lowest BCUT2D eigenvalue weighted by atomic mass is 10.0. The minimum absolute atomic E-state index is 0.0839. The average Bonchev–Trinajstić information content (AvgIpc) is 3.00. The Morgan fingerprint density at radius 2 is 1.83 bits per heavy atom. The van der Waals surface area contributed by atoms with Crippen LogP contribution in [0.3, 0.4) is 0 Å². The van der Waals surface area contributed by atoms with E-state index in [4.69, 9.17) is 9.98 Å². The van der Waals surface area contributed by atoms with Gasteiger partial charge in [-0.3, -0.25) is 4.79 Å². The normalized spacial score (nSPS) is 14.5. The number of benzene rings is 1. The molecule has 2 aromatic rings. The van der Waals surface area contributed by atoms with Crippen LogP contribution in [0.1, 0.15) is 70.1 Å². The molecule has 0 aliphatic carbocycles. The maximum atomic E-state index is 13.0. The van der Waals surface area contributed by atoms with E-state index >= 15 is 0 Å². The van der Waals surface area contributed by atoms with Gasteiger partial charge in [-0.05, 0) is 63.8 Å². The van der Waals surface area contributed by atoms with E-state index < -0.39 is 0 Å². The number of aromatic nitrogens is 2. The molecule has 2 heterocycles. The van der Waals surface area contributed by atoms with Gasteiger partial charge in [0.25, 0.3) is 5.56 Å². The van der Waals surface area contributed by atoms with Gasteiger partial charge in [0.15, 0.2) is 5.82 Å². The lowest BCUT2D eigenvalue weighted by Gasteiger charge is -2.21. The number of aliphatic imine (C=N–C) groups is 1. The molecule has 0 bridgehead atoms. The Bertz CT molecular complexity index is 1040. The summed E-state index contributed by atoms with van der Waals surface area (Å²) in [5.74, 6) is 0.710. The second kappa shape index (κ2) is 8.31. The molecule has 0 unspecified atom stereocenters. The highest BCUT2D eigenvalue weighted by Gasteiger charge is 2.27. The van der Waals surface area contributed by atoms with Crippen molar-refractivity contribution in [1.82, 2.24) is 9.66 Å². The van der Waals surface area contributed by atoms with E-state index in [-0.39, 0.29) is 11.5 Å². The Kier molecular flexibility index (Phi) is 6.01. The molecule has 6 nitrogen and oxygen atoms in total. The summed E-state index contributed by atoms with van der Waals surface area (Å²) in [4.78, 5) is 25.0. The van der Waals surface area contributed by atoms with Crippen LogP contribution in [0.2, 0.25) is 0 Å². The first-order chi connectivity index (χ1) is 13.8. The second-order valence-corrected chi connectivity index (χ2v) is 7.71. The predicted molar refractivity (Wildman–Crippen MR) is 121 cm³/mol. The molecular weight excluding hydrogens is 362 g/mol. The zero-order valence-corrected chi connectivity index (χ0v) is 18.6. The first-order valence-corrected chi connectivity index (χ1v) is 10.5. The number of anilines is 1. The molecular formula is C23H31N5O. The molecule has 0 saturated carbocycles. The smallest absolute Gasteiger partial charge is 0.277 e. The fraction of sp³-hybridized carbons (Fsp3) is 0.478. The standard InChI is InChI=1S/C23H31N5O/c1-8-18-20(14(4)5)25-22-21(16(7)26-28(22)23(18)29)24-19-12-11-17(13-15(19)6)27(9-2)10-3/h11-14H,8-10H2,1-7H3. The minimum atomic E-state index is -0.0839. The Balaban J connectivity index is 2.12. The summed E-state index contributed by atoms with van der Waals surface area (Å²) in [7, 11) is 0. The minimum Gasteiger partial charge on any atom is -0.372 e. The van der Waals surface area contributed by atoms with E-state index in [2.05, 4.69) is 56.8 Å². The van der Waals surface area contributed by atoms with Gasteiger partial charge in [0, 0.05) is 24.3 Å². The van der Waals surface area contributed by atoms with E-state index in [1.807, 2.05) is 19.9 Å². The van der Waals surface area contributed by atoms with E-state index in [0.29, 0.717) is 23.7 Å². The lowest BCUT2D eigenvalue weighted by Crippen LogP contribution is -2.27. The number of nitrogens with zero attached hydrogens (tertiary/aromatic N) is 5. The summed E-state index contributed by atoms with van der Waals surface area (Å²) < 4.78 is 1.42. The SMILES string of the molecule is CCc1c(C(C)C)nc2n(c1=O)N=C(C)C2=Nc1ccc(N(CC)CC)cc1C. The maximum Gasteiger partial charge on any atom is 0.277 e. The van der Waals surface area contributed by atoms with Crippen LogP contribution in [0.15, 0.2) is 33.1 Å². The van der Waals surface area contributed by atoms with Gasteiger partial charge in [0.2, 0.25) is 0 Å². The molecule has 154 valence electrons. The van der Waals surface area contributed by atoms with Crippen LogP contribution >= 0.6 is 0 Å². The highest BCUT2D eigenvalue weighted by Crippen LogP contribution is 2.27. The van der Waals surface area contributed by atoms with Gasteiger partial charge < -0.3 is 4.90 Å². The summed E-state index contributed by atoms with van der Waals surface area (Å²) in [5, 5.41) is 4.46. The molecule has 0 saturated heterocycles. The lowest BCUT2D eigenvalue weighted by molar-refractivity contribution is 0.717. The molecule has 3 rings (SSSR count). The van der Waals surface area contributed by atoms with Crippen molar-refractivity contribution in [2.75, 3.05) is 18.0 Å². The predicted octanol–water partition coefficient (Wildman–Crippen LogP) is 4.44. The molecule has 1 aromatic carbocycles. The van der Waals surface area contributed by atoms with Crippen molar-refractivity contribution in [3.05, 3.63) is 51.2 Å². The molecule has 29 heavy (non-hydrogen) atoms. The third-order valence-corrected chi connectivity index (χ3v) is 5.43. The molecule has 1 aliphatic rings. The molecule has 0 radical (unpaired) electrons. The number of hydrogen-bond acceptors (Lipinski definition) is 5. The molecule has 0 amide bonds. The fourth-order valence-corrected chi connectivity index (χ4v) is 3.78. The quantitative estimate of drug-likeness (QED) is 0.729. The van der Waals surface area contributed by atoms with Crippen molar-refractivity contribution in [2.24, 2.45) is 10.1 Å². The highest BCUT2D eigenvalue weighted by molar-refractivity contribution is 6.48. The van der Waals surface area contributed by atoms with Crippen LogP contribution < -0.4 is 10.5 Å². The summed E-state index contributed by atoms with van der Waals surface area (Å²) in [5.41, 5.74) is 6.03. The Morgan fingerprint density at radius 3 is 2.38 bits per heavy atom.